The van der Waals surface area contributed by atoms with Crippen LogP contribution in [0.4, 0.5) is 4.39 Å². The average Bonchev–Trinajstić information content (AvgIpc) is 2.20. The summed E-state index contributed by atoms with van der Waals surface area (Å²) in [4.78, 5) is 10.4. The fraction of sp³-hybridized carbons (Fsp3) is 0.300. The van der Waals surface area contributed by atoms with Crippen LogP contribution in [-0.2, 0) is 4.79 Å². The van der Waals surface area contributed by atoms with Gasteiger partial charge in [0.05, 0.1) is 13.5 Å². The van der Waals surface area contributed by atoms with E-state index in [2.05, 4.69) is 0 Å². The Morgan fingerprint density at radius 2 is 2.31 bits per heavy atom. The van der Waals surface area contributed by atoms with Gasteiger partial charge in [-0.25, -0.2) is 4.39 Å². The summed E-state index contributed by atoms with van der Waals surface area (Å²) in [5, 5.41) is 8.35. The van der Waals surface area contributed by atoms with E-state index in [0.717, 1.165) is 0 Å². The highest BCUT2D eigenvalue weighted by Crippen LogP contribution is 2.31. The number of nitrogens with two attached hydrogens (primary N) is 1. The number of carbonyl (C=O) groups is 1. The largest absolute Gasteiger partial charge is 0.495 e. The van der Waals surface area contributed by atoms with Crippen LogP contribution in [0.15, 0.2) is 12.1 Å². The van der Waals surface area contributed by atoms with Crippen LogP contribution in [-0.4, -0.2) is 18.2 Å². The molecule has 0 aliphatic carbocycles. The minimum Gasteiger partial charge on any atom is -0.495 e. The zero-order chi connectivity index (χ0) is 12.3. The topological polar surface area (TPSA) is 72.5 Å². The molecule has 1 rings (SSSR count). The molecule has 88 valence electrons. The van der Waals surface area contributed by atoms with Crippen molar-refractivity contribution in [1.82, 2.24) is 0 Å². The van der Waals surface area contributed by atoms with E-state index in [1.54, 1.807) is 0 Å². The minimum atomic E-state index is -1.10. The zero-order valence-corrected chi connectivity index (χ0v) is 9.29. The van der Waals surface area contributed by atoms with Gasteiger partial charge in [-0.1, -0.05) is 17.7 Å². The van der Waals surface area contributed by atoms with E-state index in [-0.39, 0.29) is 22.8 Å². The Balaban J connectivity index is 3.06. The van der Waals surface area contributed by atoms with Crippen molar-refractivity contribution in [2.75, 3.05) is 7.11 Å². The molecule has 4 nitrogen and oxygen atoms in total. The second kappa shape index (κ2) is 5.14. The number of ether oxygens (including phenoxy) is 1. The van der Waals surface area contributed by atoms with Crippen LogP contribution in [0, 0.1) is 5.82 Å². The molecule has 0 radical (unpaired) electrons. The molecule has 0 amide bonds. The number of carboxylic acid groups (broad SMARTS) is 1. The predicted octanol–water partition coefficient (Wildman–Crippen LogP) is 1.96. The smallest absolute Gasteiger partial charge is 0.305 e. The highest BCUT2D eigenvalue weighted by atomic mass is 35.5. The number of methoxy groups -OCH3 is 1. The number of aliphatic carboxylic acids is 1. The molecule has 6 heteroatoms. The van der Waals surface area contributed by atoms with Crippen molar-refractivity contribution in [2.45, 2.75) is 12.5 Å². The normalized spacial score (nSPS) is 12.2. The SMILES string of the molecule is COc1ccc(C(N)CC(=O)O)c(F)c1Cl. The molecule has 1 aromatic rings. The quantitative estimate of drug-likeness (QED) is 0.853. The molecule has 0 heterocycles. The zero-order valence-electron chi connectivity index (χ0n) is 8.54. The maximum atomic E-state index is 13.7. The third-order valence-electron chi connectivity index (χ3n) is 2.09. The Morgan fingerprint density at radius 3 is 2.81 bits per heavy atom. The van der Waals surface area contributed by atoms with Crippen LogP contribution >= 0.6 is 11.6 Å². The summed E-state index contributed by atoms with van der Waals surface area (Å²) in [6, 6.07) is 1.89. The number of hydrogen-bond acceptors (Lipinski definition) is 3. The molecule has 0 bridgehead atoms. The monoisotopic (exact) mass is 247 g/mol. The van der Waals surface area contributed by atoms with E-state index in [1.807, 2.05) is 0 Å². The number of carboxylic acids is 1. The molecule has 3 N–H and O–H groups in total. The van der Waals surface area contributed by atoms with Gasteiger partial charge in [-0.2, -0.15) is 0 Å². The number of halogens is 2. The van der Waals surface area contributed by atoms with Gasteiger partial charge < -0.3 is 15.6 Å². The molecule has 1 atom stereocenters. The molecule has 0 aliphatic heterocycles. The van der Waals surface area contributed by atoms with E-state index < -0.39 is 17.8 Å². The Bertz CT molecular complexity index is 411. The first kappa shape index (κ1) is 12.7. The van der Waals surface area contributed by atoms with Gasteiger partial charge in [-0.05, 0) is 6.07 Å². The molecule has 0 saturated carbocycles. The second-order valence-electron chi connectivity index (χ2n) is 3.19. The van der Waals surface area contributed by atoms with Crippen molar-refractivity contribution in [1.29, 1.82) is 0 Å². The van der Waals surface area contributed by atoms with Gasteiger partial charge in [-0.15, -0.1) is 0 Å². The first-order valence-corrected chi connectivity index (χ1v) is 4.84. The Labute approximate surface area is 96.8 Å². The van der Waals surface area contributed by atoms with Crippen LogP contribution < -0.4 is 10.5 Å². The summed E-state index contributed by atoms with van der Waals surface area (Å²) >= 11 is 5.68. The Morgan fingerprint density at radius 1 is 1.69 bits per heavy atom. The average molecular weight is 248 g/mol. The summed E-state index contributed by atoms with van der Waals surface area (Å²) in [6.07, 6.45) is -0.362. The highest BCUT2D eigenvalue weighted by Gasteiger charge is 2.19. The van der Waals surface area contributed by atoms with E-state index in [9.17, 15) is 9.18 Å². The van der Waals surface area contributed by atoms with Crippen LogP contribution in [0.5, 0.6) is 5.75 Å². The van der Waals surface area contributed by atoms with Gasteiger partial charge >= 0.3 is 5.97 Å². The van der Waals surface area contributed by atoms with Gasteiger partial charge in [0, 0.05) is 11.6 Å². The van der Waals surface area contributed by atoms with E-state index in [4.69, 9.17) is 27.2 Å². The van der Waals surface area contributed by atoms with Gasteiger partial charge in [-0.3, -0.25) is 4.79 Å². The number of benzene rings is 1. The van der Waals surface area contributed by atoms with Crippen molar-refractivity contribution >= 4 is 17.6 Å². The molecule has 1 aromatic carbocycles. The van der Waals surface area contributed by atoms with Crippen molar-refractivity contribution in [3.63, 3.8) is 0 Å². The number of rotatable bonds is 4. The Kier molecular flexibility index (Phi) is 4.09. The standard InChI is InChI=1S/C10H11ClFNO3/c1-16-7-3-2-5(10(12)9(7)11)6(13)4-8(14)15/h2-3,6H,4,13H2,1H3,(H,14,15). The van der Waals surface area contributed by atoms with Crippen molar-refractivity contribution < 1.29 is 19.0 Å². The molecular weight excluding hydrogens is 237 g/mol. The maximum absolute atomic E-state index is 13.7. The lowest BCUT2D eigenvalue weighted by atomic mass is 10.0. The van der Waals surface area contributed by atoms with E-state index in [1.165, 1.54) is 19.2 Å². The minimum absolute atomic E-state index is 0.0631. The maximum Gasteiger partial charge on any atom is 0.305 e. The lowest BCUT2D eigenvalue weighted by Crippen LogP contribution is -2.16. The third kappa shape index (κ3) is 2.62. The molecule has 0 saturated heterocycles. The van der Waals surface area contributed by atoms with Gasteiger partial charge in [0.25, 0.3) is 0 Å². The summed E-state index contributed by atoms with van der Waals surface area (Å²) < 4.78 is 18.5. The lowest BCUT2D eigenvalue weighted by Gasteiger charge is -2.13. The summed E-state index contributed by atoms with van der Waals surface area (Å²) in [6.45, 7) is 0. The molecule has 1 unspecified atom stereocenters. The van der Waals surface area contributed by atoms with Gasteiger partial charge in [0.15, 0.2) is 0 Å². The second-order valence-corrected chi connectivity index (χ2v) is 3.57. The van der Waals surface area contributed by atoms with Crippen molar-refractivity contribution in [2.24, 2.45) is 5.73 Å². The van der Waals surface area contributed by atoms with Crippen LogP contribution in [0.1, 0.15) is 18.0 Å². The van der Waals surface area contributed by atoms with Crippen LogP contribution in [0.2, 0.25) is 5.02 Å². The highest BCUT2D eigenvalue weighted by molar-refractivity contribution is 6.32. The van der Waals surface area contributed by atoms with Gasteiger partial charge in [0.1, 0.15) is 16.6 Å². The first-order valence-electron chi connectivity index (χ1n) is 4.46. The predicted molar refractivity (Wildman–Crippen MR) is 57.1 cm³/mol. The summed E-state index contributed by atoms with van der Waals surface area (Å²) in [7, 11) is 1.36. The molecular formula is C10H11ClFNO3. The molecule has 16 heavy (non-hydrogen) atoms. The summed E-state index contributed by atoms with van der Waals surface area (Å²) in [5.74, 6) is -1.65. The van der Waals surface area contributed by atoms with E-state index >= 15 is 0 Å². The fourth-order valence-electron chi connectivity index (χ4n) is 1.29. The molecule has 0 spiro atoms. The fourth-order valence-corrected chi connectivity index (χ4v) is 1.54. The van der Waals surface area contributed by atoms with Gasteiger partial charge in [0.2, 0.25) is 0 Å². The molecule has 0 aromatic heterocycles. The summed E-state index contributed by atoms with van der Waals surface area (Å²) in [5.41, 5.74) is 5.60. The van der Waals surface area contributed by atoms with Crippen LogP contribution in [0.25, 0.3) is 0 Å². The van der Waals surface area contributed by atoms with E-state index in [0.29, 0.717) is 0 Å². The third-order valence-corrected chi connectivity index (χ3v) is 2.44. The first-order chi connectivity index (χ1) is 7.47. The van der Waals surface area contributed by atoms with Crippen molar-refractivity contribution in [3.8, 4) is 5.75 Å². The lowest BCUT2D eigenvalue weighted by molar-refractivity contribution is -0.137. The number of hydrogen-bond donors (Lipinski definition) is 2. The molecule has 0 aliphatic rings. The van der Waals surface area contributed by atoms with Crippen LogP contribution in [0.3, 0.4) is 0 Å². The van der Waals surface area contributed by atoms with Crippen molar-refractivity contribution in [3.05, 3.63) is 28.5 Å². The Hall–Kier alpha value is -1.33. The molecule has 0 fully saturated rings.